The molecule has 0 spiro atoms. The van der Waals surface area contributed by atoms with E-state index in [1.54, 1.807) is 12.1 Å². The number of aromatic nitrogens is 1. The molecule has 0 atom stereocenters. The normalized spacial score (nSPS) is 11.0. The Morgan fingerprint density at radius 3 is 2.40 bits per heavy atom. The van der Waals surface area contributed by atoms with Crippen LogP contribution in [-0.2, 0) is 14.6 Å². The summed E-state index contributed by atoms with van der Waals surface area (Å²) in [5, 5.41) is 9.17. The van der Waals surface area contributed by atoms with Crippen LogP contribution < -0.4 is 10.5 Å². The van der Waals surface area contributed by atoms with Gasteiger partial charge in [0.05, 0.1) is 23.3 Å². The van der Waals surface area contributed by atoms with Crippen molar-refractivity contribution in [1.29, 1.82) is 5.26 Å². The minimum Gasteiger partial charge on any atom is -0.464 e. The van der Waals surface area contributed by atoms with Crippen LogP contribution in [0, 0.1) is 17.1 Å². The molecule has 8 nitrogen and oxygen atoms in total. The van der Waals surface area contributed by atoms with Gasteiger partial charge in [0.15, 0.2) is 27.1 Å². The van der Waals surface area contributed by atoms with Crippen molar-refractivity contribution in [2.45, 2.75) is 4.90 Å². The van der Waals surface area contributed by atoms with E-state index in [9.17, 15) is 22.9 Å². The van der Waals surface area contributed by atoms with Gasteiger partial charge in [0.2, 0.25) is 0 Å². The van der Waals surface area contributed by atoms with Crippen molar-refractivity contribution in [3.63, 3.8) is 0 Å². The molecule has 0 saturated carbocycles. The Kier molecular flexibility index (Phi) is 5.49. The molecule has 1 aromatic heterocycles. The predicted octanol–water partition coefficient (Wildman–Crippen LogP) is 3.05. The van der Waals surface area contributed by atoms with Gasteiger partial charge in [-0.15, -0.1) is 0 Å². The average Bonchev–Trinajstić information content (AvgIpc) is 3.05. The van der Waals surface area contributed by atoms with Gasteiger partial charge >= 0.3 is 5.97 Å². The number of hydrogen-bond acceptors (Lipinski definition) is 7. The molecule has 0 amide bonds. The summed E-state index contributed by atoms with van der Waals surface area (Å²) in [7, 11) is -2.34. The molecule has 30 heavy (non-hydrogen) atoms. The molecule has 0 aliphatic rings. The van der Waals surface area contributed by atoms with Crippen LogP contribution >= 0.6 is 0 Å². The minimum atomic E-state index is -3.54. The number of carbonyl (C=O) groups is 1. The number of halogens is 1. The van der Waals surface area contributed by atoms with E-state index in [1.807, 2.05) is 6.07 Å². The van der Waals surface area contributed by atoms with Crippen molar-refractivity contribution in [3.8, 4) is 23.3 Å². The predicted molar refractivity (Wildman–Crippen MR) is 106 cm³/mol. The number of nitrogens with zero attached hydrogens (tertiary/aromatic N) is 2. The van der Waals surface area contributed by atoms with Crippen LogP contribution in [0.2, 0.25) is 0 Å². The highest BCUT2D eigenvalue weighted by atomic mass is 32.2. The third kappa shape index (κ3) is 3.97. The molecule has 0 fully saturated rings. The number of nitrogen functional groups attached to an aromatic ring is 1. The zero-order valence-corrected chi connectivity index (χ0v) is 16.7. The highest BCUT2D eigenvalue weighted by Gasteiger charge is 2.21. The number of carbonyl (C=O) groups excluding carboxylic acids is 1. The molecule has 0 bridgehead atoms. The Hall–Kier alpha value is -3.84. The van der Waals surface area contributed by atoms with E-state index in [1.165, 1.54) is 42.1 Å². The van der Waals surface area contributed by atoms with Crippen LogP contribution in [0.3, 0.4) is 0 Å². The number of rotatable bonds is 5. The van der Waals surface area contributed by atoms with Crippen molar-refractivity contribution in [2.24, 2.45) is 0 Å². The minimum absolute atomic E-state index is 0.00212. The van der Waals surface area contributed by atoms with Crippen molar-refractivity contribution >= 4 is 21.5 Å². The lowest BCUT2D eigenvalue weighted by atomic mass is 10.2. The Balaban J connectivity index is 1.92. The van der Waals surface area contributed by atoms with Crippen molar-refractivity contribution in [3.05, 3.63) is 65.7 Å². The van der Waals surface area contributed by atoms with Gasteiger partial charge in [-0.3, -0.25) is 0 Å². The quantitative estimate of drug-likeness (QED) is 0.618. The fourth-order valence-corrected chi connectivity index (χ4v) is 3.35. The smallest absolute Gasteiger partial charge is 0.357 e. The highest BCUT2D eigenvalue weighted by Crippen LogP contribution is 2.29. The Morgan fingerprint density at radius 2 is 1.87 bits per heavy atom. The van der Waals surface area contributed by atoms with Gasteiger partial charge in [0, 0.05) is 18.1 Å². The second-order valence-electron chi connectivity index (χ2n) is 6.24. The number of sulfone groups is 1. The maximum absolute atomic E-state index is 14.2. The summed E-state index contributed by atoms with van der Waals surface area (Å²) in [6.45, 7) is 0. The first-order valence-electron chi connectivity index (χ1n) is 8.43. The van der Waals surface area contributed by atoms with Gasteiger partial charge in [-0.2, -0.15) is 5.26 Å². The van der Waals surface area contributed by atoms with Crippen molar-refractivity contribution in [1.82, 2.24) is 4.57 Å². The van der Waals surface area contributed by atoms with E-state index in [0.29, 0.717) is 5.69 Å². The van der Waals surface area contributed by atoms with Gasteiger partial charge in [-0.1, -0.05) is 0 Å². The van der Waals surface area contributed by atoms with Crippen LogP contribution in [0.1, 0.15) is 16.1 Å². The first-order chi connectivity index (χ1) is 14.2. The van der Waals surface area contributed by atoms with E-state index >= 15 is 0 Å². The molecule has 0 aliphatic heterocycles. The van der Waals surface area contributed by atoms with E-state index in [4.69, 9.17) is 15.2 Å². The van der Waals surface area contributed by atoms with Crippen molar-refractivity contribution in [2.75, 3.05) is 19.1 Å². The lowest BCUT2D eigenvalue weighted by Gasteiger charge is -2.11. The number of benzene rings is 2. The topological polar surface area (TPSA) is 124 Å². The molecule has 2 N–H and O–H groups in total. The second kappa shape index (κ2) is 7.88. The zero-order chi connectivity index (χ0) is 22.1. The summed E-state index contributed by atoms with van der Waals surface area (Å²) in [6.07, 6.45) is 2.39. The van der Waals surface area contributed by atoms with Gasteiger partial charge < -0.3 is 19.8 Å². The zero-order valence-electron chi connectivity index (χ0n) is 15.9. The summed E-state index contributed by atoms with van der Waals surface area (Å²) in [5.41, 5.74) is 6.47. The Morgan fingerprint density at radius 1 is 1.20 bits per heavy atom. The molecular weight excluding hydrogens is 413 g/mol. The van der Waals surface area contributed by atoms with Gasteiger partial charge in [0.1, 0.15) is 11.8 Å². The molecule has 0 aliphatic carbocycles. The number of methoxy groups -OCH3 is 1. The lowest BCUT2D eigenvalue weighted by molar-refractivity contribution is 0.0593. The third-order valence-corrected chi connectivity index (χ3v) is 5.33. The molecule has 1 heterocycles. The number of esters is 1. The summed E-state index contributed by atoms with van der Waals surface area (Å²) in [5.74, 6) is -1.42. The van der Waals surface area contributed by atoms with Gasteiger partial charge in [-0.25, -0.2) is 17.6 Å². The second-order valence-corrected chi connectivity index (χ2v) is 8.25. The highest BCUT2D eigenvalue weighted by molar-refractivity contribution is 7.90. The maximum Gasteiger partial charge on any atom is 0.357 e. The lowest BCUT2D eigenvalue weighted by Crippen LogP contribution is -2.11. The maximum atomic E-state index is 14.2. The van der Waals surface area contributed by atoms with E-state index in [2.05, 4.69) is 0 Å². The number of nitrogens with two attached hydrogens (primary N) is 1. The molecule has 3 rings (SSSR count). The van der Waals surface area contributed by atoms with E-state index in [0.717, 1.165) is 12.3 Å². The molecule has 154 valence electrons. The van der Waals surface area contributed by atoms with Crippen LogP contribution in [-0.4, -0.2) is 32.3 Å². The molecule has 10 heteroatoms. The molecule has 0 radical (unpaired) electrons. The molecule has 3 aromatic rings. The van der Waals surface area contributed by atoms with Gasteiger partial charge in [-0.05, 0) is 42.5 Å². The average molecular weight is 429 g/mol. The number of nitriles is 1. The largest absolute Gasteiger partial charge is 0.464 e. The Bertz CT molecular complexity index is 1280. The monoisotopic (exact) mass is 429 g/mol. The number of anilines is 1. The van der Waals surface area contributed by atoms with Crippen molar-refractivity contribution < 1.29 is 27.1 Å². The van der Waals surface area contributed by atoms with Crippen LogP contribution in [0.25, 0.3) is 5.69 Å². The van der Waals surface area contributed by atoms with Crippen LogP contribution in [0.4, 0.5) is 10.1 Å². The molecule has 0 unspecified atom stereocenters. The van der Waals surface area contributed by atoms with Crippen LogP contribution in [0.15, 0.2) is 53.6 Å². The third-order valence-electron chi connectivity index (χ3n) is 4.22. The van der Waals surface area contributed by atoms with Crippen LogP contribution in [0.5, 0.6) is 11.5 Å². The SMILES string of the molecule is COC(=O)c1c(N)c(C#N)cn1-c1ccc(Oc2ccc(S(C)(=O)=O)cc2F)cc1. The summed E-state index contributed by atoms with van der Waals surface area (Å²) in [6, 6.07) is 11.4. The first kappa shape index (κ1) is 20.9. The molecule has 2 aromatic carbocycles. The molecular formula is C20H16FN3O5S. The summed E-state index contributed by atoms with van der Waals surface area (Å²) >= 11 is 0. The first-order valence-corrected chi connectivity index (χ1v) is 10.3. The van der Waals surface area contributed by atoms with E-state index in [-0.39, 0.29) is 33.3 Å². The van der Waals surface area contributed by atoms with E-state index < -0.39 is 21.6 Å². The number of ether oxygens (including phenoxy) is 2. The van der Waals surface area contributed by atoms with Gasteiger partial charge in [0.25, 0.3) is 0 Å². The summed E-state index contributed by atoms with van der Waals surface area (Å²) < 4.78 is 48.8. The Labute approximate surface area is 171 Å². The summed E-state index contributed by atoms with van der Waals surface area (Å²) in [4.78, 5) is 11.9. The number of hydrogen-bond donors (Lipinski definition) is 1. The fourth-order valence-electron chi connectivity index (χ4n) is 2.71. The standard InChI is InChI=1S/C20H16FN3O5S/c1-28-20(25)19-18(23)12(10-22)11-24(19)13-3-5-14(6-4-13)29-17-8-7-15(9-16(17)21)30(2,26)27/h3-9,11H,23H2,1-2H3. The fraction of sp³-hybridized carbons (Fsp3) is 0.100. The molecule has 0 saturated heterocycles.